The van der Waals surface area contributed by atoms with E-state index in [-0.39, 0.29) is 0 Å². The van der Waals surface area contributed by atoms with Crippen molar-refractivity contribution in [1.29, 1.82) is 0 Å². The minimum Gasteiger partial charge on any atom is -0.314 e. The van der Waals surface area contributed by atoms with Crippen LogP contribution < -0.4 is 5.32 Å². The van der Waals surface area contributed by atoms with E-state index in [2.05, 4.69) is 10.2 Å². The van der Waals surface area contributed by atoms with Gasteiger partial charge >= 0.3 is 0 Å². The topological polar surface area (TPSA) is 15.3 Å². The van der Waals surface area contributed by atoms with E-state index in [0.29, 0.717) is 10.0 Å². The second kappa shape index (κ2) is 7.70. The summed E-state index contributed by atoms with van der Waals surface area (Å²) in [5.41, 5.74) is 0.983. The molecule has 0 spiro atoms. The highest BCUT2D eigenvalue weighted by atomic mass is 35.5. The average molecular weight is 322 g/mol. The zero-order chi connectivity index (χ0) is 13.7. The standard InChI is InChI=1S/C14H19Cl3N2/c15-12-4-5-13(16)14(17)11(12)3-1-2-8-19-9-6-18-7-10-19/h4-5,18H,1-3,6-10H2. The third kappa shape index (κ3) is 4.51. The van der Waals surface area contributed by atoms with Gasteiger partial charge in [0.1, 0.15) is 0 Å². The Morgan fingerprint density at radius 3 is 2.42 bits per heavy atom. The fraction of sp³-hybridized carbons (Fsp3) is 0.571. The van der Waals surface area contributed by atoms with Gasteiger partial charge in [0.15, 0.2) is 0 Å². The summed E-state index contributed by atoms with van der Waals surface area (Å²) in [7, 11) is 0. The van der Waals surface area contributed by atoms with Crippen LogP contribution >= 0.6 is 34.8 Å². The maximum absolute atomic E-state index is 6.19. The molecule has 0 bridgehead atoms. The molecule has 5 heteroatoms. The molecule has 1 saturated heterocycles. The van der Waals surface area contributed by atoms with Crippen LogP contribution in [0.25, 0.3) is 0 Å². The van der Waals surface area contributed by atoms with Gasteiger partial charge in [0.25, 0.3) is 0 Å². The van der Waals surface area contributed by atoms with Crippen LogP contribution in [0.1, 0.15) is 18.4 Å². The lowest BCUT2D eigenvalue weighted by Gasteiger charge is -2.27. The van der Waals surface area contributed by atoms with Gasteiger partial charge in [-0.05, 0) is 43.5 Å². The first kappa shape index (κ1) is 15.4. The Balaban J connectivity index is 1.77. The third-order valence-corrected chi connectivity index (χ3v) is 4.70. The smallest absolute Gasteiger partial charge is 0.0639 e. The summed E-state index contributed by atoms with van der Waals surface area (Å²) in [6, 6.07) is 3.57. The molecular weight excluding hydrogens is 303 g/mol. The number of hydrogen-bond acceptors (Lipinski definition) is 2. The summed E-state index contributed by atoms with van der Waals surface area (Å²) < 4.78 is 0. The van der Waals surface area contributed by atoms with Crippen molar-refractivity contribution in [1.82, 2.24) is 10.2 Å². The highest BCUT2D eigenvalue weighted by molar-refractivity contribution is 6.44. The van der Waals surface area contributed by atoms with Crippen molar-refractivity contribution in [3.05, 3.63) is 32.8 Å². The monoisotopic (exact) mass is 320 g/mol. The Hall–Kier alpha value is 0.01000. The molecule has 106 valence electrons. The van der Waals surface area contributed by atoms with Crippen LogP contribution in [0, 0.1) is 0 Å². The quantitative estimate of drug-likeness (QED) is 0.654. The lowest BCUT2D eigenvalue weighted by atomic mass is 10.1. The Morgan fingerprint density at radius 1 is 1.00 bits per heavy atom. The molecule has 1 aromatic carbocycles. The number of hydrogen-bond donors (Lipinski definition) is 1. The molecule has 2 nitrogen and oxygen atoms in total. The predicted molar refractivity (Wildman–Crippen MR) is 83.7 cm³/mol. The van der Waals surface area contributed by atoms with Gasteiger partial charge < -0.3 is 10.2 Å². The van der Waals surface area contributed by atoms with Gasteiger partial charge in [-0.1, -0.05) is 34.8 Å². The number of rotatable bonds is 5. The van der Waals surface area contributed by atoms with Gasteiger partial charge in [0, 0.05) is 31.2 Å². The van der Waals surface area contributed by atoms with E-state index in [4.69, 9.17) is 34.8 Å². The van der Waals surface area contributed by atoms with Gasteiger partial charge in [0.2, 0.25) is 0 Å². The molecule has 1 aromatic rings. The maximum Gasteiger partial charge on any atom is 0.0639 e. The van der Waals surface area contributed by atoms with Crippen LogP contribution in [0.4, 0.5) is 0 Å². The van der Waals surface area contributed by atoms with Crippen molar-refractivity contribution in [2.45, 2.75) is 19.3 Å². The molecule has 1 N–H and O–H groups in total. The fourth-order valence-corrected chi connectivity index (χ4v) is 3.11. The molecule has 1 fully saturated rings. The molecule has 0 saturated carbocycles. The summed E-state index contributed by atoms with van der Waals surface area (Å²) >= 11 is 18.4. The maximum atomic E-state index is 6.19. The van der Waals surface area contributed by atoms with Crippen LogP contribution in [0.2, 0.25) is 15.1 Å². The Kier molecular flexibility index (Phi) is 6.24. The zero-order valence-corrected chi connectivity index (χ0v) is 13.2. The van der Waals surface area contributed by atoms with Crippen LogP contribution in [0.3, 0.4) is 0 Å². The van der Waals surface area contributed by atoms with E-state index in [1.165, 1.54) is 6.42 Å². The summed E-state index contributed by atoms with van der Waals surface area (Å²) in [5.74, 6) is 0. The number of piperazine rings is 1. The lowest BCUT2D eigenvalue weighted by molar-refractivity contribution is 0.237. The van der Waals surface area contributed by atoms with Gasteiger partial charge in [0.05, 0.1) is 10.0 Å². The highest BCUT2D eigenvalue weighted by Crippen LogP contribution is 2.32. The first-order valence-electron chi connectivity index (χ1n) is 6.74. The minimum absolute atomic E-state index is 0.586. The summed E-state index contributed by atoms with van der Waals surface area (Å²) in [6.45, 7) is 5.66. The molecule has 0 amide bonds. The van der Waals surface area contributed by atoms with Gasteiger partial charge in [-0.25, -0.2) is 0 Å². The minimum atomic E-state index is 0.586. The van der Waals surface area contributed by atoms with Crippen LogP contribution in [0.15, 0.2) is 12.1 Å². The molecule has 19 heavy (non-hydrogen) atoms. The Morgan fingerprint density at radius 2 is 1.68 bits per heavy atom. The summed E-state index contributed by atoms with van der Waals surface area (Å²) in [5, 5.41) is 5.27. The largest absolute Gasteiger partial charge is 0.314 e. The number of benzene rings is 1. The second-order valence-electron chi connectivity index (χ2n) is 4.87. The van der Waals surface area contributed by atoms with Crippen molar-refractivity contribution >= 4 is 34.8 Å². The number of halogens is 3. The number of unbranched alkanes of at least 4 members (excludes halogenated alkanes) is 1. The summed E-state index contributed by atoms with van der Waals surface area (Å²) in [6.07, 6.45) is 3.15. The normalized spacial score (nSPS) is 16.8. The molecule has 0 aromatic heterocycles. The van der Waals surface area contributed by atoms with Gasteiger partial charge in [-0.2, -0.15) is 0 Å². The van der Waals surface area contributed by atoms with Crippen LogP contribution in [0.5, 0.6) is 0 Å². The first-order chi connectivity index (χ1) is 9.18. The lowest BCUT2D eigenvalue weighted by Crippen LogP contribution is -2.43. The molecule has 1 heterocycles. The zero-order valence-electron chi connectivity index (χ0n) is 10.9. The molecule has 2 rings (SSSR count). The molecule has 0 aliphatic carbocycles. The van der Waals surface area contributed by atoms with Crippen molar-refractivity contribution in [2.75, 3.05) is 32.7 Å². The van der Waals surface area contributed by atoms with Gasteiger partial charge in [-0.15, -0.1) is 0 Å². The van der Waals surface area contributed by atoms with E-state index < -0.39 is 0 Å². The predicted octanol–water partition coefficient (Wildman–Crippen LogP) is 3.87. The summed E-state index contributed by atoms with van der Waals surface area (Å²) in [4.78, 5) is 2.50. The Bertz CT molecular complexity index is 417. The Labute approximate surface area is 130 Å². The van der Waals surface area contributed by atoms with E-state index in [1.54, 1.807) is 6.07 Å². The van der Waals surface area contributed by atoms with Crippen molar-refractivity contribution in [2.24, 2.45) is 0 Å². The molecule has 1 aliphatic rings. The SMILES string of the molecule is Clc1ccc(Cl)c(CCCCN2CCNCC2)c1Cl. The van der Waals surface area contributed by atoms with Crippen molar-refractivity contribution in [3.63, 3.8) is 0 Å². The second-order valence-corrected chi connectivity index (χ2v) is 6.06. The third-order valence-electron chi connectivity index (χ3n) is 3.50. The number of nitrogens with zero attached hydrogens (tertiary/aromatic N) is 1. The van der Waals surface area contributed by atoms with E-state index in [1.807, 2.05) is 6.07 Å². The van der Waals surface area contributed by atoms with Crippen molar-refractivity contribution < 1.29 is 0 Å². The molecule has 1 aliphatic heterocycles. The highest BCUT2D eigenvalue weighted by Gasteiger charge is 2.11. The molecule has 0 unspecified atom stereocenters. The fourth-order valence-electron chi connectivity index (χ4n) is 2.37. The van der Waals surface area contributed by atoms with E-state index in [0.717, 1.165) is 56.2 Å². The van der Waals surface area contributed by atoms with Gasteiger partial charge in [-0.3, -0.25) is 0 Å². The van der Waals surface area contributed by atoms with E-state index >= 15 is 0 Å². The van der Waals surface area contributed by atoms with Crippen LogP contribution in [-0.2, 0) is 6.42 Å². The van der Waals surface area contributed by atoms with Crippen LogP contribution in [-0.4, -0.2) is 37.6 Å². The first-order valence-corrected chi connectivity index (χ1v) is 7.87. The molecule has 0 atom stereocenters. The number of nitrogens with one attached hydrogen (secondary N) is 1. The molecule has 0 radical (unpaired) electrons. The molecular formula is C14H19Cl3N2. The van der Waals surface area contributed by atoms with E-state index in [9.17, 15) is 0 Å². The van der Waals surface area contributed by atoms with Crippen molar-refractivity contribution in [3.8, 4) is 0 Å². The average Bonchev–Trinajstić information content (AvgIpc) is 2.43.